The van der Waals surface area contributed by atoms with Crippen molar-refractivity contribution in [2.45, 2.75) is 19.4 Å². The first-order chi connectivity index (χ1) is 11.6. The summed E-state index contributed by atoms with van der Waals surface area (Å²) in [6.45, 7) is 5.22. The van der Waals surface area contributed by atoms with E-state index in [1.807, 2.05) is 17.2 Å². The third kappa shape index (κ3) is 4.03. The highest BCUT2D eigenvalue weighted by Crippen LogP contribution is 2.20. The zero-order valence-electron chi connectivity index (χ0n) is 13.9. The van der Waals surface area contributed by atoms with Crippen LogP contribution in [0.5, 0.6) is 0 Å². The van der Waals surface area contributed by atoms with Crippen LogP contribution in [0.3, 0.4) is 0 Å². The molecule has 3 rings (SSSR count). The summed E-state index contributed by atoms with van der Waals surface area (Å²) in [6.07, 6.45) is 5.36. The Hall–Kier alpha value is -2.15. The lowest BCUT2D eigenvalue weighted by molar-refractivity contribution is -0.138. The third-order valence-electron chi connectivity index (χ3n) is 4.90. The Morgan fingerprint density at radius 1 is 1.17 bits per heavy atom. The van der Waals surface area contributed by atoms with Gasteiger partial charge in [-0.05, 0) is 24.5 Å². The van der Waals surface area contributed by atoms with Gasteiger partial charge >= 0.3 is 6.03 Å². The van der Waals surface area contributed by atoms with Crippen LogP contribution < -0.4 is 5.73 Å². The van der Waals surface area contributed by atoms with Crippen molar-refractivity contribution in [2.24, 2.45) is 11.7 Å². The van der Waals surface area contributed by atoms with E-state index in [-0.39, 0.29) is 11.8 Å². The van der Waals surface area contributed by atoms with Crippen LogP contribution in [0, 0.1) is 5.92 Å². The fraction of sp³-hybridized carbons (Fsp3) is 0.588. The topological polar surface area (TPSA) is 82.8 Å². The van der Waals surface area contributed by atoms with Gasteiger partial charge < -0.3 is 15.5 Å². The number of hydrogen-bond acceptors (Lipinski definition) is 4. The van der Waals surface area contributed by atoms with Crippen LogP contribution in [-0.4, -0.2) is 70.9 Å². The third-order valence-corrected chi connectivity index (χ3v) is 4.90. The van der Waals surface area contributed by atoms with Gasteiger partial charge in [0, 0.05) is 58.2 Å². The van der Waals surface area contributed by atoms with Gasteiger partial charge in [0.2, 0.25) is 5.91 Å². The van der Waals surface area contributed by atoms with Crippen LogP contribution >= 0.6 is 0 Å². The number of carbonyl (C=O) groups is 2. The maximum absolute atomic E-state index is 12.7. The summed E-state index contributed by atoms with van der Waals surface area (Å²) >= 11 is 0. The van der Waals surface area contributed by atoms with Crippen LogP contribution in [-0.2, 0) is 11.3 Å². The van der Waals surface area contributed by atoms with E-state index in [0.717, 1.165) is 45.6 Å². The summed E-state index contributed by atoms with van der Waals surface area (Å²) in [4.78, 5) is 34.0. The molecular formula is C17H25N5O2. The number of nitrogens with zero attached hydrogens (tertiary/aromatic N) is 4. The van der Waals surface area contributed by atoms with E-state index in [1.54, 1.807) is 11.1 Å². The van der Waals surface area contributed by atoms with Crippen molar-refractivity contribution in [3.63, 3.8) is 0 Å². The molecule has 0 aliphatic carbocycles. The molecule has 1 aromatic rings. The largest absolute Gasteiger partial charge is 0.351 e. The Kier molecular flexibility index (Phi) is 5.30. The lowest BCUT2D eigenvalue weighted by Crippen LogP contribution is -2.53. The van der Waals surface area contributed by atoms with Gasteiger partial charge in [-0.3, -0.25) is 14.7 Å². The molecule has 2 N–H and O–H groups in total. The zero-order valence-corrected chi connectivity index (χ0v) is 13.9. The summed E-state index contributed by atoms with van der Waals surface area (Å²) in [7, 11) is 0. The fourth-order valence-electron chi connectivity index (χ4n) is 3.51. The van der Waals surface area contributed by atoms with Gasteiger partial charge in [0.1, 0.15) is 0 Å². The van der Waals surface area contributed by atoms with Gasteiger partial charge in [-0.25, -0.2) is 4.79 Å². The minimum absolute atomic E-state index is 0.101. The van der Waals surface area contributed by atoms with E-state index in [4.69, 9.17) is 5.73 Å². The predicted molar refractivity (Wildman–Crippen MR) is 90.0 cm³/mol. The minimum atomic E-state index is -0.422. The number of pyridine rings is 1. The molecule has 3 amide bonds. The van der Waals surface area contributed by atoms with E-state index in [9.17, 15) is 9.59 Å². The Balaban J connectivity index is 1.49. The summed E-state index contributed by atoms with van der Waals surface area (Å²) in [6, 6.07) is 3.60. The van der Waals surface area contributed by atoms with Gasteiger partial charge in [-0.15, -0.1) is 0 Å². The molecule has 24 heavy (non-hydrogen) atoms. The summed E-state index contributed by atoms with van der Waals surface area (Å²) in [5.74, 6) is 0.0677. The Morgan fingerprint density at radius 2 is 1.96 bits per heavy atom. The van der Waals surface area contributed by atoms with Crippen molar-refractivity contribution in [2.75, 3.05) is 39.3 Å². The molecule has 7 nitrogen and oxygen atoms in total. The Labute approximate surface area is 142 Å². The molecule has 3 heterocycles. The van der Waals surface area contributed by atoms with Crippen molar-refractivity contribution < 1.29 is 9.59 Å². The Bertz CT molecular complexity index is 572. The summed E-state index contributed by atoms with van der Waals surface area (Å²) < 4.78 is 0. The number of urea groups is 1. The summed E-state index contributed by atoms with van der Waals surface area (Å²) in [5.41, 5.74) is 6.55. The SMILES string of the molecule is NC(=O)N1CCCC(C(=O)N2CCN(Cc3cccnc3)CC2)C1. The van der Waals surface area contributed by atoms with Gasteiger partial charge in [0.15, 0.2) is 0 Å². The van der Waals surface area contributed by atoms with Crippen molar-refractivity contribution in [3.8, 4) is 0 Å². The quantitative estimate of drug-likeness (QED) is 0.875. The number of hydrogen-bond donors (Lipinski definition) is 1. The second-order valence-electron chi connectivity index (χ2n) is 6.59. The number of amides is 3. The second-order valence-corrected chi connectivity index (χ2v) is 6.59. The summed E-state index contributed by atoms with van der Waals surface area (Å²) in [5, 5.41) is 0. The molecule has 1 atom stereocenters. The van der Waals surface area contributed by atoms with E-state index < -0.39 is 6.03 Å². The van der Waals surface area contributed by atoms with E-state index in [1.165, 1.54) is 5.56 Å². The van der Waals surface area contributed by atoms with Crippen molar-refractivity contribution in [1.29, 1.82) is 0 Å². The molecule has 1 aromatic heterocycles. The average Bonchev–Trinajstić information content (AvgIpc) is 2.63. The molecule has 2 aliphatic heterocycles. The lowest BCUT2D eigenvalue weighted by Gasteiger charge is -2.38. The predicted octanol–water partition coefficient (Wildman–Crippen LogP) is 0.517. The fourth-order valence-corrected chi connectivity index (χ4v) is 3.51. The second kappa shape index (κ2) is 7.61. The average molecular weight is 331 g/mol. The first kappa shape index (κ1) is 16.7. The van der Waals surface area contributed by atoms with Crippen molar-refractivity contribution >= 4 is 11.9 Å². The molecule has 2 fully saturated rings. The smallest absolute Gasteiger partial charge is 0.314 e. The highest BCUT2D eigenvalue weighted by molar-refractivity contribution is 5.80. The molecule has 130 valence electrons. The van der Waals surface area contributed by atoms with Gasteiger partial charge in [0.05, 0.1) is 5.92 Å². The number of rotatable bonds is 3. The maximum atomic E-state index is 12.7. The molecule has 0 saturated carbocycles. The normalized spacial score (nSPS) is 22.4. The first-order valence-electron chi connectivity index (χ1n) is 8.58. The van der Waals surface area contributed by atoms with Crippen LogP contribution in [0.2, 0.25) is 0 Å². The van der Waals surface area contributed by atoms with Crippen LogP contribution in [0.4, 0.5) is 4.79 Å². The van der Waals surface area contributed by atoms with Gasteiger partial charge in [-0.2, -0.15) is 0 Å². The molecule has 1 unspecified atom stereocenters. The van der Waals surface area contributed by atoms with E-state index >= 15 is 0 Å². The van der Waals surface area contributed by atoms with Gasteiger partial charge in [-0.1, -0.05) is 6.07 Å². The van der Waals surface area contributed by atoms with Gasteiger partial charge in [0.25, 0.3) is 0 Å². The number of nitrogens with two attached hydrogens (primary N) is 1. The minimum Gasteiger partial charge on any atom is -0.351 e. The number of piperidine rings is 1. The Morgan fingerprint density at radius 3 is 2.62 bits per heavy atom. The molecule has 0 bridgehead atoms. The molecule has 2 aliphatic rings. The number of likely N-dealkylation sites (tertiary alicyclic amines) is 1. The maximum Gasteiger partial charge on any atom is 0.314 e. The number of primary amides is 1. The van der Waals surface area contributed by atoms with Crippen molar-refractivity contribution in [1.82, 2.24) is 19.7 Å². The van der Waals surface area contributed by atoms with Crippen molar-refractivity contribution in [3.05, 3.63) is 30.1 Å². The number of aromatic nitrogens is 1. The standard InChI is InChI=1S/C17H25N5O2/c18-17(24)22-6-2-4-15(13-22)16(23)21-9-7-20(8-10-21)12-14-3-1-5-19-11-14/h1,3,5,11,15H,2,4,6-10,12-13H2,(H2,18,24). The molecular weight excluding hydrogens is 306 g/mol. The molecule has 7 heteroatoms. The monoisotopic (exact) mass is 331 g/mol. The first-order valence-corrected chi connectivity index (χ1v) is 8.58. The molecule has 0 spiro atoms. The highest BCUT2D eigenvalue weighted by atomic mass is 16.2. The number of piperazine rings is 1. The molecule has 0 radical (unpaired) electrons. The highest BCUT2D eigenvalue weighted by Gasteiger charge is 2.31. The van der Waals surface area contributed by atoms with E-state index in [0.29, 0.717) is 13.1 Å². The van der Waals surface area contributed by atoms with Crippen LogP contribution in [0.25, 0.3) is 0 Å². The lowest BCUT2D eigenvalue weighted by atomic mass is 9.96. The molecule has 0 aromatic carbocycles. The molecule has 2 saturated heterocycles. The number of carbonyl (C=O) groups excluding carboxylic acids is 2. The zero-order chi connectivity index (χ0) is 16.9. The van der Waals surface area contributed by atoms with E-state index in [2.05, 4.69) is 16.0 Å². The van der Waals surface area contributed by atoms with Crippen LogP contribution in [0.1, 0.15) is 18.4 Å². The van der Waals surface area contributed by atoms with Crippen LogP contribution in [0.15, 0.2) is 24.5 Å².